The minimum atomic E-state index is -1.07. The molecule has 194 valence electrons. The zero-order valence-electron chi connectivity index (χ0n) is 20.3. The Morgan fingerprint density at radius 1 is 1.00 bits per heavy atom. The van der Waals surface area contributed by atoms with Crippen LogP contribution in [-0.2, 0) is 0 Å². The van der Waals surface area contributed by atoms with Crippen molar-refractivity contribution >= 4 is 28.7 Å². The van der Waals surface area contributed by atoms with Crippen LogP contribution in [-0.4, -0.2) is 47.5 Å². The second kappa shape index (κ2) is 9.51. The van der Waals surface area contributed by atoms with Crippen LogP contribution in [0, 0.1) is 23.4 Å². The third-order valence-electron chi connectivity index (χ3n) is 7.48. The second-order valence-corrected chi connectivity index (χ2v) is 10.5. The number of hydrogen-bond acceptors (Lipinski definition) is 7. The van der Waals surface area contributed by atoms with Crippen LogP contribution in [0.15, 0.2) is 18.3 Å². The van der Waals surface area contributed by atoms with E-state index in [1.807, 2.05) is 0 Å². The standard InChI is InChI=1S/C25H31F3N6O2/c1-25(2,36)13-3-6-16(9-13)34-22-20(12-29-23(33-22)30-15-4-7-17(35)8-5-15)31-24(34)32-21-18(27)10-14(26)11-19(21)28/h10-13,15-17,35-36H,3-9H2,1-2H3,(H,31,32)(H,29,30,33)/t13-,15?,16+,17?/m0/s1. The molecule has 0 saturated heterocycles. The third-order valence-corrected chi connectivity index (χ3v) is 7.48. The summed E-state index contributed by atoms with van der Waals surface area (Å²) in [7, 11) is 0. The SMILES string of the molecule is CC(C)(O)[C@H]1CC[C@@H](n2c(Nc3c(F)cc(F)cc3F)nc3cnc(NC4CCC(O)CC4)nc32)C1. The summed E-state index contributed by atoms with van der Waals surface area (Å²) in [6.07, 6.45) is 6.42. The Morgan fingerprint density at radius 3 is 2.33 bits per heavy atom. The minimum Gasteiger partial charge on any atom is -0.393 e. The highest BCUT2D eigenvalue weighted by Gasteiger charge is 2.37. The van der Waals surface area contributed by atoms with Gasteiger partial charge in [0.1, 0.15) is 17.0 Å². The van der Waals surface area contributed by atoms with Gasteiger partial charge >= 0.3 is 0 Å². The van der Waals surface area contributed by atoms with E-state index in [0.717, 1.165) is 25.7 Å². The number of hydrogen-bond donors (Lipinski definition) is 4. The molecule has 0 bridgehead atoms. The van der Waals surface area contributed by atoms with Gasteiger partial charge in [0.15, 0.2) is 17.3 Å². The van der Waals surface area contributed by atoms with Crippen LogP contribution in [0.5, 0.6) is 0 Å². The molecule has 2 fully saturated rings. The summed E-state index contributed by atoms with van der Waals surface area (Å²) in [5.74, 6) is -2.54. The predicted octanol–water partition coefficient (Wildman–Crippen LogP) is 4.81. The molecule has 0 aliphatic heterocycles. The normalized spacial score (nSPS) is 24.9. The van der Waals surface area contributed by atoms with Crippen LogP contribution in [0.1, 0.15) is 64.8 Å². The van der Waals surface area contributed by atoms with Gasteiger partial charge in [0.2, 0.25) is 11.9 Å². The molecule has 1 aromatic carbocycles. The van der Waals surface area contributed by atoms with Gasteiger partial charge in [-0.15, -0.1) is 0 Å². The van der Waals surface area contributed by atoms with Crippen molar-refractivity contribution < 1.29 is 23.4 Å². The topological polar surface area (TPSA) is 108 Å². The molecule has 2 aliphatic carbocycles. The fourth-order valence-electron chi connectivity index (χ4n) is 5.40. The average Bonchev–Trinajstić information content (AvgIpc) is 3.42. The summed E-state index contributed by atoms with van der Waals surface area (Å²) in [5, 5.41) is 26.4. The zero-order valence-corrected chi connectivity index (χ0v) is 20.3. The molecular formula is C25H31F3N6O2. The molecular weight excluding hydrogens is 473 g/mol. The Bertz CT molecular complexity index is 1230. The number of benzene rings is 1. The fourth-order valence-corrected chi connectivity index (χ4v) is 5.40. The predicted molar refractivity (Wildman–Crippen MR) is 129 cm³/mol. The van der Waals surface area contributed by atoms with E-state index in [4.69, 9.17) is 4.98 Å². The van der Waals surface area contributed by atoms with Crippen LogP contribution >= 0.6 is 0 Å². The second-order valence-electron chi connectivity index (χ2n) is 10.5. The molecule has 0 amide bonds. The van der Waals surface area contributed by atoms with Gasteiger partial charge in [-0.1, -0.05) is 0 Å². The molecule has 3 aromatic rings. The van der Waals surface area contributed by atoms with Gasteiger partial charge in [0, 0.05) is 24.2 Å². The summed E-state index contributed by atoms with van der Waals surface area (Å²) < 4.78 is 44.2. The first-order valence-corrected chi connectivity index (χ1v) is 12.4. The third kappa shape index (κ3) is 4.99. The number of imidazole rings is 1. The molecule has 8 nitrogen and oxygen atoms in total. The highest BCUT2D eigenvalue weighted by molar-refractivity contribution is 5.76. The van der Waals surface area contributed by atoms with Gasteiger partial charge in [0.05, 0.1) is 17.9 Å². The lowest BCUT2D eigenvalue weighted by molar-refractivity contribution is 0.0186. The Morgan fingerprint density at radius 2 is 1.69 bits per heavy atom. The number of aromatic nitrogens is 4. The van der Waals surface area contributed by atoms with Crippen molar-refractivity contribution in [3.8, 4) is 0 Å². The first-order valence-electron chi connectivity index (χ1n) is 12.4. The first kappa shape index (κ1) is 24.8. The summed E-state index contributed by atoms with van der Waals surface area (Å²) in [4.78, 5) is 13.6. The molecule has 5 rings (SSSR count). The molecule has 11 heteroatoms. The van der Waals surface area contributed by atoms with Crippen LogP contribution in [0.25, 0.3) is 11.2 Å². The van der Waals surface area contributed by atoms with E-state index >= 15 is 0 Å². The summed E-state index contributed by atoms with van der Waals surface area (Å²) in [6.45, 7) is 3.56. The molecule has 2 heterocycles. The lowest BCUT2D eigenvalue weighted by Crippen LogP contribution is -2.29. The average molecular weight is 505 g/mol. The minimum absolute atomic E-state index is 0.0280. The largest absolute Gasteiger partial charge is 0.393 e. The highest BCUT2D eigenvalue weighted by atomic mass is 19.1. The monoisotopic (exact) mass is 504 g/mol. The maximum absolute atomic E-state index is 14.5. The molecule has 2 saturated carbocycles. The van der Waals surface area contributed by atoms with Gasteiger partial charge < -0.3 is 20.8 Å². The Kier molecular flexibility index (Phi) is 6.54. The molecule has 4 N–H and O–H groups in total. The Labute approximate surface area is 207 Å². The lowest BCUT2D eigenvalue weighted by Gasteiger charge is -2.26. The number of nitrogens with zero attached hydrogens (tertiary/aromatic N) is 4. The molecule has 2 aromatic heterocycles. The summed E-state index contributed by atoms with van der Waals surface area (Å²) in [6, 6.07) is 1.23. The van der Waals surface area contributed by atoms with Crippen molar-refractivity contribution in [3.63, 3.8) is 0 Å². The molecule has 0 radical (unpaired) electrons. The summed E-state index contributed by atoms with van der Waals surface area (Å²) >= 11 is 0. The van der Waals surface area contributed by atoms with Crippen LogP contribution < -0.4 is 10.6 Å². The lowest BCUT2D eigenvalue weighted by atomic mass is 9.89. The Balaban J connectivity index is 1.52. The van der Waals surface area contributed by atoms with Gasteiger partial charge in [0.25, 0.3) is 0 Å². The number of fused-ring (bicyclic) bond motifs is 1. The molecule has 2 aliphatic rings. The van der Waals surface area contributed by atoms with Crippen molar-refractivity contribution in [1.82, 2.24) is 19.5 Å². The number of rotatable bonds is 6. The van der Waals surface area contributed by atoms with E-state index < -0.39 is 28.7 Å². The van der Waals surface area contributed by atoms with Gasteiger partial charge in [-0.2, -0.15) is 4.98 Å². The van der Waals surface area contributed by atoms with Crippen molar-refractivity contribution in [2.45, 2.75) is 82.6 Å². The first-order chi connectivity index (χ1) is 17.1. The van der Waals surface area contributed by atoms with E-state index in [-0.39, 0.29) is 30.1 Å². The number of aliphatic hydroxyl groups is 2. The van der Waals surface area contributed by atoms with Crippen molar-refractivity contribution in [2.75, 3.05) is 10.6 Å². The number of nitrogens with one attached hydrogen (secondary N) is 2. The summed E-state index contributed by atoms with van der Waals surface area (Å²) in [5.41, 5.74) is -0.440. The van der Waals surface area contributed by atoms with Crippen LogP contribution in [0.3, 0.4) is 0 Å². The molecule has 0 spiro atoms. The van der Waals surface area contributed by atoms with E-state index in [0.29, 0.717) is 48.5 Å². The van der Waals surface area contributed by atoms with Crippen LogP contribution in [0.4, 0.5) is 30.8 Å². The van der Waals surface area contributed by atoms with E-state index in [9.17, 15) is 23.4 Å². The molecule has 0 unspecified atom stereocenters. The smallest absolute Gasteiger partial charge is 0.224 e. The van der Waals surface area contributed by atoms with E-state index in [1.165, 1.54) is 0 Å². The number of halogens is 3. The van der Waals surface area contributed by atoms with E-state index in [2.05, 4.69) is 20.6 Å². The maximum Gasteiger partial charge on any atom is 0.224 e. The van der Waals surface area contributed by atoms with Crippen molar-refractivity contribution in [1.29, 1.82) is 0 Å². The molecule has 2 atom stereocenters. The fraction of sp³-hybridized carbons (Fsp3) is 0.560. The maximum atomic E-state index is 14.5. The highest BCUT2D eigenvalue weighted by Crippen LogP contribution is 2.43. The van der Waals surface area contributed by atoms with E-state index in [1.54, 1.807) is 24.6 Å². The zero-order chi connectivity index (χ0) is 25.6. The van der Waals surface area contributed by atoms with Crippen molar-refractivity contribution in [2.24, 2.45) is 5.92 Å². The Hall–Kier alpha value is -2.92. The molecule has 36 heavy (non-hydrogen) atoms. The van der Waals surface area contributed by atoms with Crippen molar-refractivity contribution in [3.05, 3.63) is 35.8 Å². The van der Waals surface area contributed by atoms with Gasteiger partial charge in [-0.25, -0.2) is 23.1 Å². The number of anilines is 3. The number of aliphatic hydroxyl groups excluding tert-OH is 1. The van der Waals surface area contributed by atoms with Gasteiger partial charge in [-0.3, -0.25) is 4.57 Å². The van der Waals surface area contributed by atoms with Gasteiger partial charge in [-0.05, 0) is 64.7 Å². The van der Waals surface area contributed by atoms with Crippen LogP contribution in [0.2, 0.25) is 0 Å². The quantitative estimate of drug-likeness (QED) is 0.381.